The summed E-state index contributed by atoms with van der Waals surface area (Å²) in [6.07, 6.45) is 9.90. The zero-order valence-electron chi connectivity index (χ0n) is 16.9. The van der Waals surface area contributed by atoms with Crippen LogP contribution in [-0.2, 0) is 6.42 Å². The van der Waals surface area contributed by atoms with E-state index in [4.69, 9.17) is 9.47 Å². The number of pyridine rings is 4. The lowest BCUT2D eigenvalue weighted by molar-refractivity contribution is 0.365. The molecule has 4 rings (SSSR count). The molecule has 0 spiro atoms. The second kappa shape index (κ2) is 9.13. The van der Waals surface area contributed by atoms with Gasteiger partial charge >= 0.3 is 0 Å². The molecule has 150 valence electrons. The average Bonchev–Trinajstić information content (AvgIpc) is 2.83. The summed E-state index contributed by atoms with van der Waals surface area (Å²) in [6, 6.07) is 15.9. The third-order valence-corrected chi connectivity index (χ3v) is 4.98. The van der Waals surface area contributed by atoms with Crippen LogP contribution in [0.1, 0.15) is 22.6 Å². The molecule has 0 amide bonds. The van der Waals surface area contributed by atoms with Crippen molar-refractivity contribution < 1.29 is 9.47 Å². The van der Waals surface area contributed by atoms with Gasteiger partial charge in [0.05, 0.1) is 25.5 Å². The average molecular weight is 398 g/mol. The normalized spacial score (nSPS) is 10.8. The first-order valence-electron chi connectivity index (χ1n) is 9.63. The minimum atomic E-state index is 0.0903. The Balaban J connectivity index is 1.78. The van der Waals surface area contributed by atoms with Crippen molar-refractivity contribution in [2.45, 2.75) is 12.3 Å². The maximum absolute atomic E-state index is 5.52. The fraction of sp³-hybridized carbons (Fsp3) is 0.167. The zero-order chi connectivity index (χ0) is 20.8. The zero-order valence-corrected chi connectivity index (χ0v) is 16.9. The minimum Gasteiger partial charge on any atom is -0.481 e. The third kappa shape index (κ3) is 4.12. The largest absolute Gasteiger partial charge is 0.481 e. The van der Waals surface area contributed by atoms with Crippen LogP contribution in [0.3, 0.4) is 0 Å². The highest BCUT2D eigenvalue weighted by atomic mass is 16.5. The van der Waals surface area contributed by atoms with Gasteiger partial charge in [-0.05, 0) is 47.4 Å². The lowest BCUT2D eigenvalue weighted by Gasteiger charge is -2.19. The van der Waals surface area contributed by atoms with Crippen molar-refractivity contribution in [2.75, 3.05) is 14.2 Å². The van der Waals surface area contributed by atoms with Gasteiger partial charge in [0.1, 0.15) is 0 Å². The van der Waals surface area contributed by atoms with E-state index in [0.717, 1.165) is 34.4 Å². The summed E-state index contributed by atoms with van der Waals surface area (Å²) in [5.41, 5.74) is 4.99. The lowest BCUT2D eigenvalue weighted by Crippen LogP contribution is -2.08. The molecule has 0 radical (unpaired) electrons. The summed E-state index contributed by atoms with van der Waals surface area (Å²) in [4.78, 5) is 17.7. The van der Waals surface area contributed by atoms with Gasteiger partial charge < -0.3 is 9.47 Å². The topological polar surface area (TPSA) is 70.0 Å². The van der Waals surface area contributed by atoms with Gasteiger partial charge in [0.25, 0.3) is 0 Å². The van der Waals surface area contributed by atoms with Crippen LogP contribution in [0.15, 0.2) is 79.5 Å². The molecule has 0 aromatic carbocycles. The molecular formula is C24H22N4O2. The van der Waals surface area contributed by atoms with E-state index in [2.05, 4.69) is 38.1 Å². The summed E-state index contributed by atoms with van der Waals surface area (Å²) in [5, 5.41) is 0. The Kier molecular flexibility index (Phi) is 5.94. The molecule has 0 fully saturated rings. The molecule has 0 atom stereocenters. The molecule has 4 aromatic heterocycles. The van der Waals surface area contributed by atoms with E-state index in [1.807, 2.05) is 42.7 Å². The predicted octanol–water partition coefficient (Wildman–Crippen LogP) is 4.33. The molecule has 0 bridgehead atoms. The number of hydrogen-bond donors (Lipinski definition) is 0. The van der Waals surface area contributed by atoms with Crippen molar-refractivity contribution in [1.82, 2.24) is 19.9 Å². The number of rotatable bonds is 7. The molecule has 30 heavy (non-hydrogen) atoms. The maximum atomic E-state index is 5.52. The van der Waals surface area contributed by atoms with Gasteiger partial charge in [0.2, 0.25) is 11.8 Å². The van der Waals surface area contributed by atoms with Gasteiger partial charge in [-0.3, -0.25) is 15.0 Å². The highest BCUT2D eigenvalue weighted by Crippen LogP contribution is 2.35. The number of nitrogens with zero attached hydrogens (tertiary/aromatic N) is 4. The number of methoxy groups -OCH3 is 2. The maximum Gasteiger partial charge on any atom is 0.226 e. The fourth-order valence-corrected chi connectivity index (χ4v) is 3.53. The second-order valence-corrected chi connectivity index (χ2v) is 6.75. The molecule has 4 aromatic rings. The van der Waals surface area contributed by atoms with Crippen molar-refractivity contribution >= 4 is 0 Å². The number of hydrogen-bond acceptors (Lipinski definition) is 6. The summed E-state index contributed by atoms with van der Waals surface area (Å²) in [5.74, 6) is 1.07. The van der Waals surface area contributed by atoms with Gasteiger partial charge in [0, 0.05) is 43.0 Å². The molecule has 4 heterocycles. The Morgan fingerprint density at radius 3 is 2.10 bits per heavy atom. The predicted molar refractivity (Wildman–Crippen MR) is 115 cm³/mol. The Bertz CT molecular complexity index is 1060. The molecule has 0 aliphatic rings. The van der Waals surface area contributed by atoms with Gasteiger partial charge in [-0.15, -0.1) is 0 Å². The monoisotopic (exact) mass is 398 g/mol. The summed E-state index contributed by atoms with van der Waals surface area (Å²) < 4.78 is 10.8. The molecule has 0 N–H and O–H groups in total. The Morgan fingerprint density at radius 1 is 0.800 bits per heavy atom. The third-order valence-electron chi connectivity index (χ3n) is 4.98. The first-order chi connectivity index (χ1) is 14.8. The molecule has 0 aliphatic carbocycles. The standard InChI is InChI=1S/C24H22N4O2/c1-29-22-10-9-20(24(28-22)30-2)23-17(6-5-13-27-23)14-21(18-7-3-11-25-15-18)19-8-4-12-26-16-19/h3-13,15-16,21H,14H2,1-2H3. The Labute approximate surface area is 175 Å². The molecule has 0 saturated carbocycles. The van der Waals surface area contributed by atoms with E-state index in [0.29, 0.717) is 11.8 Å². The van der Waals surface area contributed by atoms with E-state index >= 15 is 0 Å². The highest BCUT2D eigenvalue weighted by Gasteiger charge is 2.20. The molecular weight excluding hydrogens is 376 g/mol. The fourth-order valence-electron chi connectivity index (χ4n) is 3.53. The molecule has 6 nitrogen and oxygen atoms in total. The second-order valence-electron chi connectivity index (χ2n) is 6.75. The number of ether oxygens (including phenoxy) is 2. The summed E-state index contributed by atoms with van der Waals surface area (Å²) in [6.45, 7) is 0. The van der Waals surface area contributed by atoms with E-state index < -0.39 is 0 Å². The molecule has 0 saturated heterocycles. The van der Waals surface area contributed by atoms with Crippen molar-refractivity contribution in [2.24, 2.45) is 0 Å². The van der Waals surface area contributed by atoms with Crippen molar-refractivity contribution in [1.29, 1.82) is 0 Å². The van der Waals surface area contributed by atoms with E-state index in [9.17, 15) is 0 Å². The first-order valence-corrected chi connectivity index (χ1v) is 9.63. The molecule has 0 unspecified atom stereocenters. The van der Waals surface area contributed by atoms with Gasteiger partial charge in [-0.2, -0.15) is 4.98 Å². The van der Waals surface area contributed by atoms with Crippen molar-refractivity contribution in [3.8, 4) is 23.0 Å². The number of aromatic nitrogens is 4. The molecule has 0 aliphatic heterocycles. The summed E-state index contributed by atoms with van der Waals surface area (Å²) in [7, 11) is 3.18. The Hall–Kier alpha value is -3.80. The Morgan fingerprint density at radius 2 is 1.50 bits per heavy atom. The van der Waals surface area contributed by atoms with E-state index in [1.54, 1.807) is 32.8 Å². The van der Waals surface area contributed by atoms with Crippen LogP contribution in [-0.4, -0.2) is 34.2 Å². The van der Waals surface area contributed by atoms with Crippen LogP contribution in [0.25, 0.3) is 11.3 Å². The summed E-state index contributed by atoms with van der Waals surface area (Å²) >= 11 is 0. The van der Waals surface area contributed by atoms with E-state index in [-0.39, 0.29) is 5.92 Å². The van der Waals surface area contributed by atoms with Gasteiger partial charge in [-0.1, -0.05) is 18.2 Å². The van der Waals surface area contributed by atoms with Gasteiger partial charge in [0.15, 0.2) is 0 Å². The first kappa shape index (κ1) is 19.5. The van der Waals surface area contributed by atoms with E-state index in [1.165, 1.54) is 0 Å². The SMILES string of the molecule is COc1ccc(-c2ncccc2CC(c2cccnc2)c2cccnc2)c(OC)n1. The van der Waals surface area contributed by atoms with Crippen molar-refractivity contribution in [3.63, 3.8) is 0 Å². The van der Waals surface area contributed by atoms with Crippen molar-refractivity contribution in [3.05, 3.63) is 96.2 Å². The van der Waals surface area contributed by atoms with Crippen LogP contribution in [0.5, 0.6) is 11.8 Å². The van der Waals surface area contributed by atoms with Crippen LogP contribution >= 0.6 is 0 Å². The minimum absolute atomic E-state index is 0.0903. The quantitative estimate of drug-likeness (QED) is 0.462. The van der Waals surface area contributed by atoms with Crippen LogP contribution in [0, 0.1) is 0 Å². The van der Waals surface area contributed by atoms with Crippen LogP contribution < -0.4 is 9.47 Å². The molecule has 6 heteroatoms. The smallest absolute Gasteiger partial charge is 0.226 e. The highest BCUT2D eigenvalue weighted by molar-refractivity contribution is 5.69. The van der Waals surface area contributed by atoms with Crippen LogP contribution in [0.2, 0.25) is 0 Å². The van der Waals surface area contributed by atoms with Crippen LogP contribution in [0.4, 0.5) is 0 Å². The van der Waals surface area contributed by atoms with Gasteiger partial charge in [-0.25, -0.2) is 0 Å². The lowest BCUT2D eigenvalue weighted by atomic mass is 9.86.